The van der Waals surface area contributed by atoms with Crippen molar-refractivity contribution < 1.29 is 9.47 Å². The maximum atomic E-state index is 5.63. The summed E-state index contributed by atoms with van der Waals surface area (Å²) in [4.78, 5) is 2.42. The van der Waals surface area contributed by atoms with Crippen LogP contribution in [0.25, 0.3) is 0 Å². The molecular formula is C15H24N2O2. The van der Waals surface area contributed by atoms with Crippen molar-refractivity contribution in [2.45, 2.75) is 19.4 Å². The van der Waals surface area contributed by atoms with Crippen LogP contribution in [-0.4, -0.2) is 51.3 Å². The molecule has 1 aromatic carbocycles. The molecule has 0 amide bonds. The van der Waals surface area contributed by atoms with E-state index in [2.05, 4.69) is 29.4 Å². The molecule has 106 valence electrons. The van der Waals surface area contributed by atoms with E-state index in [9.17, 15) is 0 Å². The molecule has 1 saturated heterocycles. The zero-order chi connectivity index (χ0) is 13.7. The van der Waals surface area contributed by atoms with Crippen molar-refractivity contribution in [3.63, 3.8) is 0 Å². The minimum Gasteiger partial charge on any atom is -0.493 e. The largest absolute Gasteiger partial charge is 0.493 e. The zero-order valence-corrected chi connectivity index (χ0v) is 12.1. The molecule has 1 unspecified atom stereocenters. The first-order valence-corrected chi connectivity index (χ1v) is 6.95. The normalized spacial score (nSPS) is 20.3. The maximum Gasteiger partial charge on any atom is 0.161 e. The van der Waals surface area contributed by atoms with Crippen molar-refractivity contribution in [2.24, 2.45) is 0 Å². The van der Waals surface area contributed by atoms with Crippen LogP contribution in [0.15, 0.2) is 18.2 Å². The number of methoxy groups -OCH3 is 1. The molecule has 1 aliphatic rings. The summed E-state index contributed by atoms with van der Waals surface area (Å²) in [5, 5.41) is 3.45. The summed E-state index contributed by atoms with van der Waals surface area (Å²) >= 11 is 0. The first kappa shape index (κ1) is 14.2. The zero-order valence-electron chi connectivity index (χ0n) is 12.1. The monoisotopic (exact) mass is 264 g/mol. The Kier molecular flexibility index (Phi) is 5.05. The smallest absolute Gasteiger partial charge is 0.161 e. The summed E-state index contributed by atoms with van der Waals surface area (Å²) in [5.41, 5.74) is 1.30. The van der Waals surface area contributed by atoms with Gasteiger partial charge in [-0.05, 0) is 38.1 Å². The molecule has 1 heterocycles. The van der Waals surface area contributed by atoms with E-state index in [4.69, 9.17) is 9.47 Å². The SMILES string of the molecule is CCOc1cc(CC2CNCCN2C)ccc1OC. The predicted octanol–water partition coefficient (Wildman–Crippen LogP) is 1.54. The summed E-state index contributed by atoms with van der Waals surface area (Å²) in [6.07, 6.45) is 1.04. The van der Waals surface area contributed by atoms with Crippen LogP contribution >= 0.6 is 0 Å². The number of rotatable bonds is 5. The van der Waals surface area contributed by atoms with Crippen LogP contribution in [0.2, 0.25) is 0 Å². The van der Waals surface area contributed by atoms with Gasteiger partial charge in [-0.25, -0.2) is 0 Å². The minimum atomic E-state index is 0.552. The van der Waals surface area contributed by atoms with Gasteiger partial charge in [-0.2, -0.15) is 0 Å². The third kappa shape index (κ3) is 3.61. The van der Waals surface area contributed by atoms with Crippen molar-refractivity contribution >= 4 is 0 Å². The van der Waals surface area contributed by atoms with Gasteiger partial charge in [-0.15, -0.1) is 0 Å². The van der Waals surface area contributed by atoms with Crippen molar-refractivity contribution in [3.8, 4) is 11.5 Å². The quantitative estimate of drug-likeness (QED) is 0.874. The summed E-state index contributed by atoms with van der Waals surface area (Å²) in [6.45, 7) is 5.89. The highest BCUT2D eigenvalue weighted by Gasteiger charge is 2.19. The van der Waals surface area contributed by atoms with E-state index in [0.29, 0.717) is 12.6 Å². The fourth-order valence-electron chi connectivity index (χ4n) is 2.48. The fraction of sp³-hybridized carbons (Fsp3) is 0.600. The molecule has 2 rings (SSSR count). The molecule has 1 atom stereocenters. The van der Waals surface area contributed by atoms with Gasteiger partial charge in [0, 0.05) is 25.7 Å². The van der Waals surface area contributed by atoms with Crippen LogP contribution in [0.3, 0.4) is 0 Å². The number of likely N-dealkylation sites (N-methyl/N-ethyl adjacent to an activating group) is 1. The van der Waals surface area contributed by atoms with Crippen molar-refractivity contribution in [1.29, 1.82) is 0 Å². The molecular weight excluding hydrogens is 240 g/mol. The van der Waals surface area contributed by atoms with E-state index >= 15 is 0 Å². The Balaban J connectivity index is 2.09. The van der Waals surface area contributed by atoms with Gasteiger partial charge in [-0.3, -0.25) is 0 Å². The van der Waals surface area contributed by atoms with E-state index in [-0.39, 0.29) is 0 Å². The Hall–Kier alpha value is -1.26. The first-order chi connectivity index (χ1) is 9.24. The first-order valence-electron chi connectivity index (χ1n) is 6.95. The van der Waals surface area contributed by atoms with Crippen molar-refractivity contribution in [3.05, 3.63) is 23.8 Å². The summed E-state index contributed by atoms with van der Waals surface area (Å²) in [5.74, 6) is 1.65. The van der Waals surface area contributed by atoms with Crippen molar-refractivity contribution in [1.82, 2.24) is 10.2 Å². The molecule has 1 aliphatic heterocycles. The number of hydrogen-bond acceptors (Lipinski definition) is 4. The van der Waals surface area contributed by atoms with Crippen molar-refractivity contribution in [2.75, 3.05) is 40.4 Å². The second kappa shape index (κ2) is 6.78. The standard InChI is InChI=1S/C15H24N2O2/c1-4-19-15-10-12(5-6-14(15)18-3)9-13-11-16-7-8-17(13)2/h5-6,10,13,16H,4,7-9,11H2,1-3H3. The maximum absolute atomic E-state index is 5.63. The van der Waals surface area contributed by atoms with Gasteiger partial charge in [0.1, 0.15) is 0 Å². The van der Waals surface area contributed by atoms with E-state index in [0.717, 1.165) is 37.6 Å². The molecule has 0 bridgehead atoms. The van der Waals surface area contributed by atoms with Crippen LogP contribution in [0.1, 0.15) is 12.5 Å². The van der Waals surface area contributed by atoms with Crippen LogP contribution in [0.4, 0.5) is 0 Å². The number of benzene rings is 1. The fourth-order valence-corrected chi connectivity index (χ4v) is 2.48. The predicted molar refractivity (Wildman–Crippen MR) is 77.2 cm³/mol. The van der Waals surface area contributed by atoms with E-state index < -0.39 is 0 Å². The minimum absolute atomic E-state index is 0.552. The van der Waals surface area contributed by atoms with Gasteiger partial charge in [0.15, 0.2) is 11.5 Å². The molecule has 0 saturated carbocycles. The highest BCUT2D eigenvalue weighted by atomic mass is 16.5. The van der Waals surface area contributed by atoms with E-state index in [1.165, 1.54) is 5.56 Å². The molecule has 1 fully saturated rings. The summed E-state index contributed by atoms with van der Waals surface area (Å²) in [6, 6.07) is 6.78. The Bertz CT molecular complexity index is 409. The molecule has 4 nitrogen and oxygen atoms in total. The third-order valence-electron chi connectivity index (χ3n) is 3.64. The van der Waals surface area contributed by atoms with Gasteiger partial charge in [0.2, 0.25) is 0 Å². The van der Waals surface area contributed by atoms with Crippen LogP contribution < -0.4 is 14.8 Å². The lowest BCUT2D eigenvalue weighted by Gasteiger charge is -2.33. The highest BCUT2D eigenvalue weighted by Crippen LogP contribution is 2.28. The molecule has 19 heavy (non-hydrogen) atoms. The van der Waals surface area contributed by atoms with Gasteiger partial charge in [0.25, 0.3) is 0 Å². The number of nitrogens with zero attached hydrogens (tertiary/aromatic N) is 1. The second-order valence-corrected chi connectivity index (χ2v) is 4.96. The van der Waals surface area contributed by atoms with Gasteiger partial charge >= 0.3 is 0 Å². The van der Waals surface area contributed by atoms with E-state index in [1.54, 1.807) is 7.11 Å². The molecule has 1 N–H and O–H groups in total. The molecule has 0 aliphatic carbocycles. The molecule has 0 radical (unpaired) electrons. The molecule has 4 heteroatoms. The summed E-state index contributed by atoms with van der Waals surface area (Å²) < 4.78 is 10.9. The van der Waals surface area contributed by atoms with Gasteiger partial charge < -0.3 is 19.7 Å². The second-order valence-electron chi connectivity index (χ2n) is 4.96. The van der Waals surface area contributed by atoms with Gasteiger partial charge in [-0.1, -0.05) is 6.07 Å². The Labute approximate surface area is 115 Å². The lowest BCUT2D eigenvalue weighted by atomic mass is 10.0. The average Bonchev–Trinajstić information content (AvgIpc) is 2.42. The van der Waals surface area contributed by atoms with Gasteiger partial charge in [0.05, 0.1) is 13.7 Å². The Morgan fingerprint density at radius 2 is 2.21 bits per heavy atom. The number of nitrogens with one attached hydrogen (secondary N) is 1. The number of ether oxygens (including phenoxy) is 2. The number of piperazine rings is 1. The van der Waals surface area contributed by atoms with E-state index in [1.807, 2.05) is 13.0 Å². The molecule has 0 aromatic heterocycles. The Morgan fingerprint density at radius 1 is 1.37 bits per heavy atom. The van der Waals surface area contributed by atoms with Crippen LogP contribution in [0, 0.1) is 0 Å². The highest BCUT2D eigenvalue weighted by molar-refractivity contribution is 5.43. The summed E-state index contributed by atoms with van der Waals surface area (Å²) in [7, 11) is 3.87. The topological polar surface area (TPSA) is 33.7 Å². The van der Waals surface area contributed by atoms with Crippen LogP contribution in [-0.2, 0) is 6.42 Å². The number of hydrogen-bond donors (Lipinski definition) is 1. The molecule has 1 aromatic rings. The Morgan fingerprint density at radius 3 is 2.89 bits per heavy atom. The average molecular weight is 264 g/mol. The lowest BCUT2D eigenvalue weighted by Crippen LogP contribution is -2.50. The lowest BCUT2D eigenvalue weighted by molar-refractivity contribution is 0.199. The molecule has 0 spiro atoms. The third-order valence-corrected chi connectivity index (χ3v) is 3.64. The van der Waals surface area contributed by atoms with Crippen LogP contribution in [0.5, 0.6) is 11.5 Å².